The smallest absolute Gasteiger partial charge is 0.254 e. The highest BCUT2D eigenvalue weighted by molar-refractivity contribution is 5.95. The van der Waals surface area contributed by atoms with Gasteiger partial charge in [-0.05, 0) is 37.6 Å². The van der Waals surface area contributed by atoms with Crippen molar-refractivity contribution in [2.45, 2.75) is 25.8 Å². The first-order chi connectivity index (χ1) is 12.6. The molecule has 1 fully saturated rings. The van der Waals surface area contributed by atoms with Gasteiger partial charge in [-0.1, -0.05) is 30.3 Å². The van der Waals surface area contributed by atoms with Crippen molar-refractivity contribution in [1.29, 1.82) is 0 Å². The van der Waals surface area contributed by atoms with Crippen LogP contribution in [0.2, 0.25) is 0 Å². The molecular formula is C21H26N2O3. The van der Waals surface area contributed by atoms with Crippen LogP contribution in [0, 0.1) is 0 Å². The zero-order chi connectivity index (χ0) is 18.5. The monoisotopic (exact) mass is 354 g/mol. The Morgan fingerprint density at radius 3 is 2.42 bits per heavy atom. The Bertz CT molecular complexity index is 748. The average Bonchev–Trinajstić information content (AvgIpc) is 3.05. The molecule has 0 unspecified atom stereocenters. The molecule has 2 aromatic carbocycles. The van der Waals surface area contributed by atoms with Crippen LogP contribution >= 0.6 is 0 Å². The van der Waals surface area contributed by atoms with Crippen molar-refractivity contribution in [2.24, 2.45) is 5.73 Å². The molecule has 2 atom stereocenters. The molecule has 1 aliphatic heterocycles. The predicted octanol–water partition coefficient (Wildman–Crippen LogP) is 3.05. The second-order valence-corrected chi connectivity index (χ2v) is 6.42. The zero-order valence-corrected chi connectivity index (χ0v) is 15.4. The number of benzene rings is 2. The molecule has 3 rings (SSSR count). The van der Waals surface area contributed by atoms with Crippen LogP contribution in [0.5, 0.6) is 11.5 Å². The highest BCUT2D eigenvalue weighted by atomic mass is 16.5. The molecule has 1 amide bonds. The number of likely N-dealkylation sites (tertiary alicyclic amines) is 1. The molecule has 0 spiro atoms. The summed E-state index contributed by atoms with van der Waals surface area (Å²) in [6, 6.07) is 15.4. The Kier molecular flexibility index (Phi) is 5.78. The molecule has 5 heteroatoms. The minimum Gasteiger partial charge on any atom is -0.490 e. The van der Waals surface area contributed by atoms with Gasteiger partial charge < -0.3 is 20.1 Å². The first-order valence-corrected chi connectivity index (χ1v) is 9.13. The third-order valence-corrected chi connectivity index (χ3v) is 4.67. The number of nitrogens with zero attached hydrogens (tertiary/aromatic N) is 1. The molecule has 26 heavy (non-hydrogen) atoms. The topological polar surface area (TPSA) is 64.8 Å². The Hall–Kier alpha value is -2.53. The zero-order valence-electron chi connectivity index (χ0n) is 15.4. The molecular weight excluding hydrogens is 328 g/mol. The van der Waals surface area contributed by atoms with E-state index in [-0.39, 0.29) is 17.9 Å². The van der Waals surface area contributed by atoms with Gasteiger partial charge in [0.2, 0.25) is 0 Å². The van der Waals surface area contributed by atoms with Gasteiger partial charge in [0, 0.05) is 30.6 Å². The van der Waals surface area contributed by atoms with Crippen LogP contribution in [-0.2, 0) is 0 Å². The van der Waals surface area contributed by atoms with E-state index in [1.807, 2.05) is 36.9 Å². The van der Waals surface area contributed by atoms with Crippen LogP contribution in [-0.4, -0.2) is 43.2 Å². The van der Waals surface area contributed by atoms with E-state index in [0.29, 0.717) is 43.4 Å². The van der Waals surface area contributed by atoms with Crippen molar-refractivity contribution < 1.29 is 14.3 Å². The van der Waals surface area contributed by atoms with Crippen molar-refractivity contribution in [3.05, 3.63) is 59.7 Å². The van der Waals surface area contributed by atoms with Gasteiger partial charge >= 0.3 is 0 Å². The Labute approximate surface area is 154 Å². The number of carbonyl (C=O) groups excluding carboxylic acids is 1. The molecule has 5 nitrogen and oxygen atoms in total. The summed E-state index contributed by atoms with van der Waals surface area (Å²) in [7, 11) is 0. The SMILES string of the molecule is CCOc1ccc(C(=O)N2C[C@@H](N)[C@H](c3ccccc3)C2)cc1OCC. The molecule has 0 bridgehead atoms. The lowest BCUT2D eigenvalue weighted by Gasteiger charge is -2.18. The van der Waals surface area contributed by atoms with Crippen molar-refractivity contribution in [1.82, 2.24) is 4.90 Å². The average molecular weight is 354 g/mol. The van der Waals surface area contributed by atoms with E-state index in [4.69, 9.17) is 15.2 Å². The van der Waals surface area contributed by atoms with Gasteiger partial charge in [0.1, 0.15) is 0 Å². The van der Waals surface area contributed by atoms with E-state index >= 15 is 0 Å². The minimum absolute atomic E-state index is 0.0251. The van der Waals surface area contributed by atoms with Gasteiger partial charge in [0.05, 0.1) is 13.2 Å². The lowest BCUT2D eigenvalue weighted by atomic mass is 9.95. The molecule has 1 heterocycles. The number of carbonyl (C=O) groups is 1. The highest BCUT2D eigenvalue weighted by Gasteiger charge is 2.34. The molecule has 1 aliphatic rings. The summed E-state index contributed by atoms with van der Waals surface area (Å²) < 4.78 is 11.2. The Morgan fingerprint density at radius 1 is 1.04 bits per heavy atom. The maximum absolute atomic E-state index is 13.0. The quantitative estimate of drug-likeness (QED) is 0.866. The van der Waals surface area contributed by atoms with Crippen molar-refractivity contribution in [3.8, 4) is 11.5 Å². The molecule has 2 aromatic rings. The van der Waals surface area contributed by atoms with Crippen LogP contribution in [0.4, 0.5) is 0 Å². The van der Waals surface area contributed by atoms with E-state index < -0.39 is 0 Å². The van der Waals surface area contributed by atoms with Crippen LogP contribution < -0.4 is 15.2 Å². The normalized spacial score (nSPS) is 19.4. The van der Waals surface area contributed by atoms with Crippen LogP contribution in [0.1, 0.15) is 35.7 Å². The maximum Gasteiger partial charge on any atom is 0.254 e. The fourth-order valence-electron chi connectivity index (χ4n) is 3.41. The van der Waals surface area contributed by atoms with E-state index in [2.05, 4.69) is 12.1 Å². The first-order valence-electron chi connectivity index (χ1n) is 9.13. The number of amides is 1. The largest absolute Gasteiger partial charge is 0.490 e. The molecule has 0 aliphatic carbocycles. The highest BCUT2D eigenvalue weighted by Crippen LogP contribution is 2.31. The van der Waals surface area contributed by atoms with Crippen LogP contribution in [0.25, 0.3) is 0 Å². The number of ether oxygens (including phenoxy) is 2. The summed E-state index contributed by atoms with van der Waals surface area (Å²) in [5.41, 5.74) is 8.09. The number of nitrogens with two attached hydrogens (primary N) is 1. The lowest BCUT2D eigenvalue weighted by Crippen LogP contribution is -2.32. The first kappa shape index (κ1) is 18.3. The van der Waals surface area contributed by atoms with Crippen molar-refractivity contribution in [3.63, 3.8) is 0 Å². The molecule has 1 saturated heterocycles. The summed E-state index contributed by atoms with van der Waals surface area (Å²) in [5.74, 6) is 1.39. The van der Waals surface area contributed by atoms with Crippen LogP contribution in [0.3, 0.4) is 0 Å². The van der Waals surface area contributed by atoms with Gasteiger partial charge in [-0.15, -0.1) is 0 Å². The lowest BCUT2D eigenvalue weighted by molar-refractivity contribution is 0.0788. The standard InChI is InChI=1S/C21H26N2O3/c1-3-25-19-11-10-16(12-20(19)26-4-2)21(24)23-13-17(18(22)14-23)15-8-6-5-7-9-15/h5-12,17-18H,3-4,13-14,22H2,1-2H3/t17-,18+/m0/s1. The van der Waals surface area contributed by atoms with Gasteiger partial charge in [-0.25, -0.2) is 0 Å². The summed E-state index contributed by atoms with van der Waals surface area (Å²) in [4.78, 5) is 14.8. The van der Waals surface area contributed by atoms with Crippen LogP contribution in [0.15, 0.2) is 48.5 Å². The third kappa shape index (κ3) is 3.83. The number of rotatable bonds is 6. The summed E-state index contributed by atoms with van der Waals surface area (Å²) in [6.07, 6.45) is 0. The summed E-state index contributed by atoms with van der Waals surface area (Å²) in [6.45, 7) is 6.07. The number of hydrogen-bond acceptors (Lipinski definition) is 4. The summed E-state index contributed by atoms with van der Waals surface area (Å²) in [5, 5.41) is 0. The number of hydrogen-bond donors (Lipinski definition) is 1. The predicted molar refractivity (Wildman–Crippen MR) is 102 cm³/mol. The minimum atomic E-state index is -0.0598. The molecule has 0 aromatic heterocycles. The molecule has 0 saturated carbocycles. The fraction of sp³-hybridized carbons (Fsp3) is 0.381. The van der Waals surface area contributed by atoms with Gasteiger partial charge in [-0.2, -0.15) is 0 Å². The molecule has 138 valence electrons. The molecule has 2 N–H and O–H groups in total. The second kappa shape index (κ2) is 8.23. The third-order valence-electron chi connectivity index (χ3n) is 4.67. The summed E-state index contributed by atoms with van der Waals surface area (Å²) >= 11 is 0. The Morgan fingerprint density at radius 2 is 1.73 bits per heavy atom. The Balaban J connectivity index is 1.78. The van der Waals surface area contributed by atoms with E-state index in [9.17, 15) is 4.79 Å². The molecule has 0 radical (unpaired) electrons. The van der Waals surface area contributed by atoms with Crippen molar-refractivity contribution in [2.75, 3.05) is 26.3 Å². The fourth-order valence-corrected chi connectivity index (χ4v) is 3.41. The van der Waals surface area contributed by atoms with E-state index in [1.165, 1.54) is 5.56 Å². The van der Waals surface area contributed by atoms with Gasteiger partial charge in [0.15, 0.2) is 11.5 Å². The maximum atomic E-state index is 13.0. The van der Waals surface area contributed by atoms with Gasteiger partial charge in [-0.3, -0.25) is 4.79 Å². The van der Waals surface area contributed by atoms with Gasteiger partial charge in [0.25, 0.3) is 5.91 Å². The van der Waals surface area contributed by atoms with E-state index in [0.717, 1.165) is 0 Å². The van der Waals surface area contributed by atoms with E-state index in [1.54, 1.807) is 18.2 Å². The second-order valence-electron chi connectivity index (χ2n) is 6.42. The van der Waals surface area contributed by atoms with Crippen molar-refractivity contribution >= 4 is 5.91 Å².